The van der Waals surface area contributed by atoms with Crippen molar-refractivity contribution in [1.29, 1.82) is 0 Å². The number of nitrogens with two attached hydrogens (primary N) is 6. The van der Waals surface area contributed by atoms with Crippen LogP contribution in [0.1, 0.15) is 62.9 Å². The standard InChI is InChI=1S/C22H42N12O3/c1-3-13(4-2)11-34-12-16(32-19(36)14(23)7-5-9-29-21(25)26)17(33-34)20(37)31-15(18(24)35)8-6-10-30-22(27)28/h12-15H,3-11,23H2,1-2H3,(H2,24,35)(H,31,37)(H,32,36)(H4,25,26,29)(H4,27,28,30)/t14-,15-/m0/s1. The Morgan fingerprint density at radius 3 is 2.05 bits per heavy atom. The number of hydrogen-bond donors (Lipinski definition) is 8. The summed E-state index contributed by atoms with van der Waals surface area (Å²) in [6.07, 6.45) is 4.86. The van der Waals surface area contributed by atoms with E-state index in [2.05, 4.69) is 39.6 Å². The van der Waals surface area contributed by atoms with Crippen LogP contribution in [0.4, 0.5) is 5.69 Å². The number of anilines is 1. The molecule has 0 radical (unpaired) electrons. The molecule has 2 atom stereocenters. The van der Waals surface area contributed by atoms with Crippen molar-refractivity contribution in [1.82, 2.24) is 15.1 Å². The van der Waals surface area contributed by atoms with Gasteiger partial charge in [0.1, 0.15) is 6.04 Å². The number of amides is 3. The van der Waals surface area contributed by atoms with Crippen molar-refractivity contribution in [3.63, 3.8) is 0 Å². The fourth-order valence-corrected chi connectivity index (χ4v) is 3.48. The highest BCUT2D eigenvalue weighted by Gasteiger charge is 2.25. The molecule has 0 bridgehead atoms. The third kappa shape index (κ3) is 11.6. The molecule has 0 fully saturated rings. The molecule has 15 nitrogen and oxygen atoms in total. The average Bonchev–Trinajstić information content (AvgIpc) is 3.23. The monoisotopic (exact) mass is 522 g/mol. The Kier molecular flexibility index (Phi) is 13.5. The van der Waals surface area contributed by atoms with Gasteiger partial charge in [-0.1, -0.05) is 26.7 Å². The quantitative estimate of drug-likeness (QED) is 0.0654. The highest BCUT2D eigenvalue weighted by molar-refractivity contribution is 6.04. The molecular weight excluding hydrogens is 480 g/mol. The molecule has 0 unspecified atom stereocenters. The third-order valence-corrected chi connectivity index (χ3v) is 5.73. The van der Waals surface area contributed by atoms with E-state index in [-0.39, 0.29) is 36.3 Å². The molecular formula is C22H42N12O3. The van der Waals surface area contributed by atoms with Crippen LogP contribution in [-0.2, 0) is 16.1 Å². The van der Waals surface area contributed by atoms with Gasteiger partial charge in [-0.25, -0.2) is 0 Å². The van der Waals surface area contributed by atoms with Crippen molar-refractivity contribution < 1.29 is 14.4 Å². The molecule has 1 aromatic heterocycles. The van der Waals surface area contributed by atoms with Gasteiger partial charge in [0.05, 0.1) is 11.7 Å². The van der Waals surface area contributed by atoms with E-state index in [9.17, 15) is 14.4 Å². The van der Waals surface area contributed by atoms with Gasteiger partial charge in [-0.05, 0) is 31.6 Å². The van der Waals surface area contributed by atoms with Crippen LogP contribution >= 0.6 is 0 Å². The predicted molar refractivity (Wildman–Crippen MR) is 143 cm³/mol. The number of hydrogen-bond acceptors (Lipinski definition) is 7. The highest BCUT2D eigenvalue weighted by atomic mass is 16.2. The van der Waals surface area contributed by atoms with Gasteiger partial charge >= 0.3 is 0 Å². The van der Waals surface area contributed by atoms with Crippen LogP contribution in [-0.4, -0.2) is 64.6 Å². The Balaban J connectivity index is 3.03. The Labute approximate surface area is 216 Å². The molecule has 1 rings (SSSR count). The van der Waals surface area contributed by atoms with E-state index in [1.807, 2.05) is 0 Å². The molecule has 1 heterocycles. The summed E-state index contributed by atoms with van der Waals surface area (Å²) in [6, 6.07) is -1.84. The number of nitrogens with zero attached hydrogens (tertiary/aromatic N) is 4. The van der Waals surface area contributed by atoms with Gasteiger partial charge in [0.15, 0.2) is 17.6 Å². The van der Waals surface area contributed by atoms with E-state index in [1.54, 1.807) is 10.9 Å². The second-order valence-electron chi connectivity index (χ2n) is 8.72. The van der Waals surface area contributed by atoms with Crippen molar-refractivity contribution in [2.24, 2.45) is 50.3 Å². The highest BCUT2D eigenvalue weighted by Crippen LogP contribution is 2.18. The first kappa shape index (κ1) is 31.2. The fraction of sp³-hybridized carbons (Fsp3) is 0.636. The van der Waals surface area contributed by atoms with Crippen LogP contribution in [0.2, 0.25) is 0 Å². The fourth-order valence-electron chi connectivity index (χ4n) is 3.48. The summed E-state index contributed by atoms with van der Waals surface area (Å²) in [5.74, 6) is -1.66. The number of nitrogens with one attached hydrogen (secondary N) is 2. The molecule has 1 aromatic rings. The number of aliphatic imine (C=N–C) groups is 2. The van der Waals surface area contributed by atoms with Crippen molar-refractivity contribution in [2.45, 2.75) is 71.0 Å². The van der Waals surface area contributed by atoms with Crippen molar-refractivity contribution in [3.05, 3.63) is 11.9 Å². The lowest BCUT2D eigenvalue weighted by Crippen LogP contribution is -2.45. The molecule has 14 N–H and O–H groups in total. The second-order valence-corrected chi connectivity index (χ2v) is 8.72. The van der Waals surface area contributed by atoms with Gasteiger partial charge in [0.25, 0.3) is 5.91 Å². The van der Waals surface area contributed by atoms with Crippen molar-refractivity contribution >= 4 is 35.3 Å². The van der Waals surface area contributed by atoms with Crippen LogP contribution in [0.25, 0.3) is 0 Å². The molecule has 37 heavy (non-hydrogen) atoms. The lowest BCUT2D eigenvalue weighted by Gasteiger charge is -2.15. The normalized spacial score (nSPS) is 12.4. The van der Waals surface area contributed by atoms with Gasteiger partial charge in [-0.2, -0.15) is 5.10 Å². The first-order chi connectivity index (χ1) is 17.5. The zero-order chi connectivity index (χ0) is 28.0. The van der Waals surface area contributed by atoms with Gasteiger partial charge in [-0.3, -0.25) is 29.1 Å². The minimum Gasteiger partial charge on any atom is -0.370 e. The van der Waals surface area contributed by atoms with Crippen LogP contribution in [0, 0.1) is 5.92 Å². The summed E-state index contributed by atoms with van der Waals surface area (Å²) in [5, 5.41) is 9.65. The first-order valence-corrected chi connectivity index (χ1v) is 12.3. The topological polar surface area (TPSA) is 274 Å². The van der Waals surface area contributed by atoms with Crippen LogP contribution in [0.5, 0.6) is 0 Å². The molecule has 0 spiro atoms. The van der Waals surface area contributed by atoms with E-state index < -0.39 is 29.8 Å². The number of rotatable bonds is 17. The van der Waals surface area contributed by atoms with Crippen molar-refractivity contribution in [3.8, 4) is 0 Å². The smallest absolute Gasteiger partial charge is 0.274 e. The Hall–Kier alpha value is -3.88. The molecule has 0 aromatic carbocycles. The number of aromatic nitrogens is 2. The molecule has 0 aliphatic rings. The lowest BCUT2D eigenvalue weighted by molar-refractivity contribution is -0.120. The maximum Gasteiger partial charge on any atom is 0.274 e. The minimum absolute atomic E-state index is 0.0379. The summed E-state index contributed by atoms with van der Waals surface area (Å²) < 4.78 is 1.60. The summed E-state index contributed by atoms with van der Waals surface area (Å²) >= 11 is 0. The minimum atomic E-state index is -0.979. The Morgan fingerprint density at radius 1 is 0.973 bits per heavy atom. The summed E-state index contributed by atoms with van der Waals surface area (Å²) in [6.45, 7) is 5.28. The summed E-state index contributed by atoms with van der Waals surface area (Å²) in [4.78, 5) is 45.5. The maximum atomic E-state index is 13.1. The van der Waals surface area contributed by atoms with E-state index >= 15 is 0 Å². The molecule has 0 saturated heterocycles. The van der Waals surface area contributed by atoms with Gasteiger partial charge in [-0.15, -0.1) is 0 Å². The van der Waals surface area contributed by atoms with Crippen LogP contribution in [0.15, 0.2) is 16.2 Å². The zero-order valence-electron chi connectivity index (χ0n) is 21.7. The summed E-state index contributed by atoms with van der Waals surface area (Å²) in [7, 11) is 0. The maximum absolute atomic E-state index is 13.1. The molecule has 15 heteroatoms. The molecule has 0 saturated carbocycles. The summed E-state index contributed by atoms with van der Waals surface area (Å²) in [5.41, 5.74) is 32.8. The third-order valence-electron chi connectivity index (χ3n) is 5.73. The molecule has 0 aliphatic heterocycles. The van der Waals surface area contributed by atoms with E-state index in [4.69, 9.17) is 34.4 Å². The largest absolute Gasteiger partial charge is 0.370 e. The predicted octanol–water partition coefficient (Wildman–Crippen LogP) is -1.72. The van der Waals surface area contributed by atoms with E-state index in [1.165, 1.54) is 0 Å². The van der Waals surface area contributed by atoms with E-state index in [0.29, 0.717) is 38.3 Å². The number of carbonyl (C=O) groups is 3. The zero-order valence-corrected chi connectivity index (χ0v) is 21.7. The van der Waals surface area contributed by atoms with Crippen LogP contribution in [0.3, 0.4) is 0 Å². The SMILES string of the molecule is CCC(CC)Cn1cc(NC(=O)[C@@H](N)CCCN=C(N)N)c(C(=O)N[C@@H](CCCN=C(N)N)C(N)=O)n1. The lowest BCUT2D eigenvalue weighted by atomic mass is 10.0. The number of guanidine groups is 2. The molecule has 3 amide bonds. The van der Waals surface area contributed by atoms with Gasteiger partial charge in [0, 0.05) is 25.8 Å². The molecule has 0 aliphatic carbocycles. The Bertz CT molecular complexity index is 947. The first-order valence-electron chi connectivity index (χ1n) is 12.3. The van der Waals surface area contributed by atoms with Crippen molar-refractivity contribution in [2.75, 3.05) is 18.4 Å². The number of primary amides is 1. The van der Waals surface area contributed by atoms with Gasteiger partial charge in [0.2, 0.25) is 11.8 Å². The van der Waals surface area contributed by atoms with Gasteiger partial charge < -0.3 is 45.0 Å². The van der Waals surface area contributed by atoms with Crippen LogP contribution < -0.4 is 45.0 Å². The average molecular weight is 523 g/mol. The van der Waals surface area contributed by atoms with E-state index in [0.717, 1.165) is 12.8 Å². The second kappa shape index (κ2) is 16.0. The Morgan fingerprint density at radius 2 is 1.54 bits per heavy atom. The number of carbonyl (C=O) groups excluding carboxylic acids is 3. The molecule has 208 valence electrons.